The van der Waals surface area contributed by atoms with Crippen molar-refractivity contribution < 1.29 is 0 Å². The van der Waals surface area contributed by atoms with E-state index in [1.165, 1.54) is 58.2 Å². The fraction of sp³-hybridized carbons (Fsp3) is 0.357. The molecule has 2 aromatic rings. The molecule has 0 saturated carbocycles. The van der Waals surface area contributed by atoms with E-state index < -0.39 is 0 Å². The second-order valence-electron chi connectivity index (χ2n) is 8.59. The average molecular weight is 369 g/mol. The van der Waals surface area contributed by atoms with Crippen LogP contribution in [0.5, 0.6) is 0 Å². The topological polar surface area (TPSA) is 0 Å². The van der Waals surface area contributed by atoms with E-state index in [1.54, 1.807) is 11.1 Å². The molecule has 0 aliphatic heterocycles. The monoisotopic (exact) mass is 368 g/mol. The van der Waals surface area contributed by atoms with Gasteiger partial charge in [-0.15, -0.1) is 0 Å². The predicted octanol–water partition coefficient (Wildman–Crippen LogP) is 7.86. The summed E-state index contributed by atoms with van der Waals surface area (Å²) in [5.41, 5.74) is 13.2. The number of hydrogen-bond donors (Lipinski definition) is 0. The van der Waals surface area contributed by atoms with E-state index in [4.69, 9.17) is 0 Å². The summed E-state index contributed by atoms with van der Waals surface area (Å²) in [4.78, 5) is 0. The third-order valence-electron chi connectivity index (χ3n) is 7.05. The molecule has 144 valence electrons. The van der Waals surface area contributed by atoms with Crippen molar-refractivity contribution in [3.63, 3.8) is 0 Å². The number of hydrogen-bond acceptors (Lipinski definition) is 0. The van der Waals surface area contributed by atoms with E-state index in [2.05, 4.69) is 89.2 Å². The lowest BCUT2D eigenvalue weighted by Crippen LogP contribution is -2.11. The molecule has 1 unspecified atom stereocenters. The van der Waals surface area contributed by atoms with Crippen LogP contribution in [0.2, 0.25) is 0 Å². The Kier molecular flexibility index (Phi) is 5.15. The Morgan fingerprint density at radius 2 is 1.54 bits per heavy atom. The lowest BCUT2D eigenvalue weighted by molar-refractivity contribution is 0.648. The van der Waals surface area contributed by atoms with Crippen LogP contribution in [0.4, 0.5) is 0 Å². The quantitative estimate of drug-likeness (QED) is 0.504. The first-order chi connectivity index (χ1) is 13.5. The Bertz CT molecular complexity index is 972. The molecule has 0 amide bonds. The maximum atomic E-state index is 2.55. The Morgan fingerprint density at radius 1 is 0.821 bits per heavy atom. The Morgan fingerprint density at radius 3 is 2.25 bits per heavy atom. The summed E-state index contributed by atoms with van der Waals surface area (Å²) in [7, 11) is 0. The van der Waals surface area contributed by atoms with Gasteiger partial charge in [-0.25, -0.2) is 0 Å². The van der Waals surface area contributed by atoms with Crippen LogP contribution in [0.3, 0.4) is 0 Å². The summed E-state index contributed by atoms with van der Waals surface area (Å²) in [6, 6.07) is 18.3. The highest BCUT2D eigenvalue weighted by molar-refractivity contribution is 5.86. The smallest absolute Gasteiger partial charge is 0.0137 e. The van der Waals surface area contributed by atoms with Crippen molar-refractivity contribution in [1.29, 1.82) is 0 Å². The van der Waals surface area contributed by atoms with Crippen molar-refractivity contribution in [3.8, 4) is 0 Å². The minimum Gasteiger partial charge on any atom is -0.0676 e. The van der Waals surface area contributed by atoms with E-state index in [1.807, 2.05) is 0 Å². The van der Waals surface area contributed by atoms with Crippen LogP contribution < -0.4 is 0 Å². The number of fused-ring (bicyclic) bond motifs is 1. The molecule has 28 heavy (non-hydrogen) atoms. The Labute approximate surface area is 170 Å². The number of unbranched alkanes of at least 4 members (excludes halogenated alkanes) is 1. The van der Waals surface area contributed by atoms with Crippen LogP contribution in [-0.4, -0.2) is 0 Å². The van der Waals surface area contributed by atoms with Gasteiger partial charge in [-0.3, -0.25) is 0 Å². The molecular formula is C28H32. The van der Waals surface area contributed by atoms with Gasteiger partial charge in [0.15, 0.2) is 0 Å². The summed E-state index contributed by atoms with van der Waals surface area (Å²) in [5, 5.41) is 0. The van der Waals surface area contributed by atoms with Gasteiger partial charge in [0.2, 0.25) is 0 Å². The van der Waals surface area contributed by atoms with E-state index in [0.29, 0.717) is 11.8 Å². The van der Waals surface area contributed by atoms with Crippen LogP contribution in [0.1, 0.15) is 75.6 Å². The number of benzene rings is 2. The van der Waals surface area contributed by atoms with Gasteiger partial charge in [0.05, 0.1) is 0 Å². The molecule has 1 atom stereocenters. The van der Waals surface area contributed by atoms with E-state index in [-0.39, 0.29) is 0 Å². The minimum absolute atomic E-state index is 0.442. The van der Waals surface area contributed by atoms with Crippen molar-refractivity contribution in [2.75, 3.05) is 0 Å². The van der Waals surface area contributed by atoms with Crippen molar-refractivity contribution >= 4 is 5.57 Å². The van der Waals surface area contributed by atoms with Gasteiger partial charge in [0.25, 0.3) is 0 Å². The van der Waals surface area contributed by atoms with Crippen molar-refractivity contribution in [2.24, 2.45) is 5.92 Å². The molecule has 4 rings (SSSR count). The van der Waals surface area contributed by atoms with E-state index >= 15 is 0 Å². The first-order valence-corrected chi connectivity index (χ1v) is 10.8. The first kappa shape index (κ1) is 19.0. The number of aryl methyl sites for hydroxylation is 1. The zero-order chi connectivity index (χ0) is 19.8. The third-order valence-corrected chi connectivity index (χ3v) is 7.05. The molecule has 0 fully saturated rings. The minimum atomic E-state index is 0.442. The van der Waals surface area contributed by atoms with Gasteiger partial charge in [0, 0.05) is 11.8 Å². The lowest BCUT2D eigenvalue weighted by atomic mass is 9.81. The molecule has 0 nitrogen and oxygen atoms in total. The average Bonchev–Trinajstić information content (AvgIpc) is 3.18. The Balaban J connectivity index is 1.79. The van der Waals surface area contributed by atoms with Crippen molar-refractivity contribution in [1.82, 2.24) is 0 Å². The summed E-state index contributed by atoms with van der Waals surface area (Å²) < 4.78 is 0. The van der Waals surface area contributed by atoms with Gasteiger partial charge >= 0.3 is 0 Å². The zero-order valence-corrected chi connectivity index (χ0v) is 18.0. The molecule has 0 bridgehead atoms. The van der Waals surface area contributed by atoms with Crippen LogP contribution >= 0.6 is 0 Å². The highest BCUT2D eigenvalue weighted by Gasteiger charge is 2.35. The normalized spacial score (nSPS) is 19.5. The maximum Gasteiger partial charge on any atom is 0.0137 e. The molecule has 0 heterocycles. The van der Waals surface area contributed by atoms with Crippen LogP contribution in [0.25, 0.3) is 5.57 Å². The second-order valence-corrected chi connectivity index (χ2v) is 8.59. The van der Waals surface area contributed by atoms with E-state index in [0.717, 1.165) is 0 Å². The first-order valence-electron chi connectivity index (χ1n) is 10.8. The van der Waals surface area contributed by atoms with Gasteiger partial charge in [-0.2, -0.15) is 0 Å². The Hall–Kier alpha value is -2.34. The highest BCUT2D eigenvalue weighted by Crippen LogP contribution is 2.51. The summed E-state index contributed by atoms with van der Waals surface area (Å²) in [6.07, 6.45) is 6.23. The van der Waals surface area contributed by atoms with Gasteiger partial charge in [0.1, 0.15) is 0 Å². The summed E-state index contributed by atoms with van der Waals surface area (Å²) in [5.74, 6) is 0.944. The van der Waals surface area contributed by atoms with Crippen LogP contribution in [0, 0.1) is 5.92 Å². The van der Waals surface area contributed by atoms with Crippen LogP contribution in [-0.2, 0) is 6.42 Å². The molecule has 2 aliphatic carbocycles. The SMILES string of the molecule is CCCCc1cccc(C2=CC(C3C(C)=C(C)C(C)=C3C)c3ccccc32)c1. The largest absolute Gasteiger partial charge is 0.0676 e. The van der Waals surface area contributed by atoms with Gasteiger partial charge in [-0.1, -0.05) is 79.1 Å². The fourth-order valence-electron chi connectivity index (χ4n) is 5.12. The highest BCUT2D eigenvalue weighted by atomic mass is 14.4. The molecule has 0 N–H and O–H groups in total. The molecule has 2 aliphatic rings. The molecule has 0 heteroatoms. The fourth-order valence-corrected chi connectivity index (χ4v) is 5.12. The number of rotatable bonds is 5. The van der Waals surface area contributed by atoms with Crippen LogP contribution in [0.15, 0.2) is 76.9 Å². The maximum absolute atomic E-state index is 2.55. The van der Waals surface area contributed by atoms with Gasteiger partial charge in [-0.05, 0) is 79.5 Å². The molecule has 2 aromatic carbocycles. The third kappa shape index (κ3) is 3.09. The molecule has 0 spiro atoms. The van der Waals surface area contributed by atoms with Crippen molar-refractivity contribution in [2.45, 2.75) is 59.8 Å². The molecule has 0 radical (unpaired) electrons. The lowest BCUT2D eigenvalue weighted by Gasteiger charge is -2.23. The summed E-state index contributed by atoms with van der Waals surface area (Å²) >= 11 is 0. The van der Waals surface area contributed by atoms with E-state index in [9.17, 15) is 0 Å². The molecular weight excluding hydrogens is 336 g/mol. The molecule has 0 aromatic heterocycles. The standard InChI is InChI=1S/C28H32/c1-6-7-11-22-12-10-13-23(16-22)26-17-27(25-15-9-8-14-24(25)26)28-20(4)18(2)19(3)21(28)5/h8-10,12-17,27-28H,6-7,11H2,1-5H3. The molecule has 0 saturated heterocycles. The van der Waals surface area contributed by atoms with Gasteiger partial charge < -0.3 is 0 Å². The van der Waals surface area contributed by atoms with Crippen molar-refractivity contribution in [3.05, 3.63) is 99.2 Å². The zero-order valence-electron chi connectivity index (χ0n) is 18.0. The number of allylic oxidation sites excluding steroid dienone is 5. The second kappa shape index (κ2) is 7.59. The summed E-state index contributed by atoms with van der Waals surface area (Å²) in [6.45, 7) is 11.5. The predicted molar refractivity (Wildman–Crippen MR) is 122 cm³/mol.